The van der Waals surface area contributed by atoms with Gasteiger partial charge in [-0.2, -0.15) is 0 Å². The maximum Gasteiger partial charge on any atom is 0.193 e. The Hall–Kier alpha value is -1.57. The molecule has 2 unspecified atom stereocenters. The first-order chi connectivity index (χ1) is 15.8. The summed E-state index contributed by atoms with van der Waals surface area (Å²) < 4.78 is 17.8. The molecule has 3 fully saturated rings. The second-order valence-electron chi connectivity index (χ2n) is 9.33. The minimum atomic E-state index is 0.218. The molecule has 1 aromatic heterocycles. The molecule has 4 heterocycles. The lowest BCUT2D eigenvalue weighted by molar-refractivity contribution is -0.0721. The summed E-state index contributed by atoms with van der Waals surface area (Å²) in [4.78, 5) is 10.0. The van der Waals surface area contributed by atoms with Crippen molar-refractivity contribution >= 4 is 5.96 Å². The lowest BCUT2D eigenvalue weighted by Crippen LogP contribution is -2.47. The van der Waals surface area contributed by atoms with Crippen LogP contribution in [0.25, 0.3) is 0 Å². The van der Waals surface area contributed by atoms with Crippen LogP contribution >= 0.6 is 0 Å². The zero-order chi connectivity index (χ0) is 22.0. The molecule has 1 N–H and O–H groups in total. The molecule has 0 amide bonds. The predicted molar refractivity (Wildman–Crippen MR) is 127 cm³/mol. The predicted octanol–water partition coefficient (Wildman–Crippen LogP) is 3.82. The van der Waals surface area contributed by atoms with Gasteiger partial charge < -0.3 is 24.1 Å². The van der Waals surface area contributed by atoms with Gasteiger partial charge in [0.1, 0.15) is 5.76 Å². The fourth-order valence-electron chi connectivity index (χ4n) is 5.11. The van der Waals surface area contributed by atoms with E-state index in [0.29, 0.717) is 12.2 Å². The highest BCUT2D eigenvalue weighted by molar-refractivity contribution is 5.80. The van der Waals surface area contributed by atoms with Crippen molar-refractivity contribution in [1.82, 2.24) is 15.1 Å². The van der Waals surface area contributed by atoms with Gasteiger partial charge in [0, 0.05) is 26.2 Å². The van der Waals surface area contributed by atoms with Crippen molar-refractivity contribution < 1.29 is 13.9 Å². The zero-order valence-electron chi connectivity index (χ0n) is 19.8. The molecule has 0 radical (unpaired) electrons. The molecule has 2 atom stereocenters. The number of hydrogen-bond donors (Lipinski definition) is 1. The topological polar surface area (TPSA) is 62.5 Å². The first-order valence-electron chi connectivity index (χ1n) is 12.9. The van der Waals surface area contributed by atoms with Crippen LogP contribution in [0.3, 0.4) is 0 Å². The van der Waals surface area contributed by atoms with Crippen LogP contribution < -0.4 is 5.32 Å². The van der Waals surface area contributed by atoms with Crippen molar-refractivity contribution in [2.24, 2.45) is 4.99 Å². The quantitative estimate of drug-likeness (QED) is 0.484. The average molecular weight is 447 g/mol. The normalized spacial score (nSPS) is 25.1. The van der Waals surface area contributed by atoms with Gasteiger partial charge >= 0.3 is 0 Å². The molecule has 180 valence electrons. The van der Waals surface area contributed by atoms with Crippen LogP contribution in [0.15, 0.2) is 27.8 Å². The number of piperidine rings is 2. The van der Waals surface area contributed by atoms with Gasteiger partial charge in [0.2, 0.25) is 0 Å². The van der Waals surface area contributed by atoms with Crippen molar-refractivity contribution in [1.29, 1.82) is 0 Å². The largest absolute Gasteiger partial charge is 0.468 e. The van der Waals surface area contributed by atoms with Gasteiger partial charge in [-0.15, -0.1) is 0 Å². The Bertz CT molecular complexity index is 661. The fourth-order valence-corrected chi connectivity index (χ4v) is 5.11. The number of likely N-dealkylation sites (tertiary alicyclic amines) is 2. The molecule has 7 nitrogen and oxygen atoms in total. The van der Waals surface area contributed by atoms with Crippen molar-refractivity contribution in [3.05, 3.63) is 24.2 Å². The zero-order valence-corrected chi connectivity index (χ0v) is 19.8. The van der Waals surface area contributed by atoms with E-state index in [0.717, 1.165) is 83.5 Å². The summed E-state index contributed by atoms with van der Waals surface area (Å²) >= 11 is 0. The van der Waals surface area contributed by atoms with E-state index in [-0.39, 0.29) is 6.04 Å². The Morgan fingerprint density at radius 1 is 1.12 bits per heavy atom. The second kappa shape index (κ2) is 12.6. The van der Waals surface area contributed by atoms with Gasteiger partial charge in [-0.25, -0.2) is 0 Å². The maximum atomic E-state index is 6.21. The number of furan rings is 1. The highest BCUT2D eigenvalue weighted by Crippen LogP contribution is 2.26. The molecule has 1 aromatic rings. The van der Waals surface area contributed by atoms with E-state index in [2.05, 4.69) is 28.1 Å². The van der Waals surface area contributed by atoms with Crippen LogP contribution in [-0.2, 0) is 9.47 Å². The van der Waals surface area contributed by atoms with Gasteiger partial charge in [-0.05, 0) is 77.1 Å². The van der Waals surface area contributed by atoms with Crippen LogP contribution in [0.5, 0.6) is 0 Å². The summed E-state index contributed by atoms with van der Waals surface area (Å²) in [5.74, 6) is 2.05. The van der Waals surface area contributed by atoms with Crippen LogP contribution in [0.2, 0.25) is 0 Å². The highest BCUT2D eigenvalue weighted by Gasteiger charge is 2.27. The van der Waals surface area contributed by atoms with Gasteiger partial charge in [-0.1, -0.05) is 6.42 Å². The summed E-state index contributed by atoms with van der Waals surface area (Å²) in [7, 11) is 0. The molecule has 0 bridgehead atoms. The van der Waals surface area contributed by atoms with E-state index >= 15 is 0 Å². The number of ether oxygens (including phenoxy) is 2. The Balaban J connectivity index is 1.31. The summed E-state index contributed by atoms with van der Waals surface area (Å²) in [5, 5.41) is 3.52. The summed E-state index contributed by atoms with van der Waals surface area (Å²) in [6, 6.07) is 4.31. The molecule has 0 spiro atoms. The van der Waals surface area contributed by atoms with E-state index in [1.54, 1.807) is 6.26 Å². The number of guanidine groups is 1. The van der Waals surface area contributed by atoms with Crippen LogP contribution in [0.4, 0.5) is 0 Å². The average Bonchev–Trinajstić information content (AvgIpc) is 3.39. The molecule has 3 aliphatic rings. The Kier molecular flexibility index (Phi) is 9.29. The third kappa shape index (κ3) is 6.72. The molecule has 4 rings (SSSR count). The van der Waals surface area contributed by atoms with E-state index in [1.165, 1.54) is 32.1 Å². The third-order valence-electron chi connectivity index (χ3n) is 6.99. The number of rotatable bonds is 8. The molecule has 0 aromatic carbocycles. The smallest absolute Gasteiger partial charge is 0.193 e. The first kappa shape index (κ1) is 23.6. The molecule has 0 aliphatic carbocycles. The van der Waals surface area contributed by atoms with Crippen LogP contribution in [-0.4, -0.2) is 80.4 Å². The van der Waals surface area contributed by atoms with E-state index < -0.39 is 0 Å². The minimum absolute atomic E-state index is 0.218. The van der Waals surface area contributed by atoms with Crippen molar-refractivity contribution in [3.8, 4) is 0 Å². The van der Waals surface area contributed by atoms with Crippen molar-refractivity contribution in [3.63, 3.8) is 0 Å². The van der Waals surface area contributed by atoms with Gasteiger partial charge in [0.25, 0.3) is 0 Å². The highest BCUT2D eigenvalue weighted by atomic mass is 16.5. The number of nitrogens with one attached hydrogen (secondary N) is 1. The molecule has 0 saturated carbocycles. The lowest BCUT2D eigenvalue weighted by Gasteiger charge is -2.36. The molecular weight excluding hydrogens is 404 g/mol. The van der Waals surface area contributed by atoms with Crippen molar-refractivity contribution in [2.75, 3.05) is 52.5 Å². The van der Waals surface area contributed by atoms with E-state index in [9.17, 15) is 0 Å². The SMILES string of the molecule is CCNC(=NCC(c1ccco1)N1CCCCC1)N1CCC(OCC2CCCCO2)CC1. The molecule has 3 aliphatic heterocycles. The number of hydrogen-bond acceptors (Lipinski definition) is 5. The Morgan fingerprint density at radius 3 is 2.66 bits per heavy atom. The standard InChI is InChI=1S/C25H42N4O3/c1-2-26-25(27-19-23(24-10-8-18-31-24)28-13-5-3-6-14-28)29-15-11-21(12-16-29)32-20-22-9-4-7-17-30-22/h8,10,18,21-23H,2-7,9,11-17,19-20H2,1H3,(H,26,27). The van der Waals surface area contributed by atoms with E-state index in [4.69, 9.17) is 18.9 Å². The molecular formula is C25H42N4O3. The lowest BCUT2D eigenvalue weighted by atomic mass is 10.1. The van der Waals surface area contributed by atoms with Gasteiger partial charge in [-0.3, -0.25) is 9.89 Å². The Morgan fingerprint density at radius 2 is 1.97 bits per heavy atom. The summed E-state index contributed by atoms with van der Waals surface area (Å²) in [5.41, 5.74) is 0. The van der Waals surface area contributed by atoms with Gasteiger partial charge in [0.05, 0.1) is 37.7 Å². The third-order valence-corrected chi connectivity index (χ3v) is 6.99. The first-order valence-corrected chi connectivity index (χ1v) is 12.9. The monoisotopic (exact) mass is 446 g/mol. The molecule has 3 saturated heterocycles. The van der Waals surface area contributed by atoms with E-state index in [1.807, 2.05) is 6.07 Å². The Labute approximate surface area is 193 Å². The van der Waals surface area contributed by atoms with Crippen molar-refractivity contribution in [2.45, 2.75) is 76.5 Å². The summed E-state index contributed by atoms with van der Waals surface area (Å²) in [6.07, 6.45) is 12.0. The maximum absolute atomic E-state index is 6.21. The minimum Gasteiger partial charge on any atom is -0.468 e. The number of nitrogens with zero attached hydrogens (tertiary/aromatic N) is 3. The fraction of sp³-hybridized carbons (Fsp3) is 0.800. The van der Waals surface area contributed by atoms with Crippen LogP contribution in [0.1, 0.15) is 70.1 Å². The second-order valence-corrected chi connectivity index (χ2v) is 9.33. The summed E-state index contributed by atoms with van der Waals surface area (Å²) in [6.45, 7) is 9.62. The van der Waals surface area contributed by atoms with Gasteiger partial charge in [0.15, 0.2) is 5.96 Å². The molecule has 32 heavy (non-hydrogen) atoms. The van der Waals surface area contributed by atoms with Crippen LogP contribution in [0, 0.1) is 0 Å². The number of aliphatic imine (C=N–C) groups is 1. The molecule has 7 heteroatoms.